The maximum Gasteiger partial charge on any atom is 0.407 e. The number of carbonyl (C=O) groups excluding carboxylic acids is 2. The zero-order valence-electron chi connectivity index (χ0n) is 12.4. The van der Waals surface area contributed by atoms with Gasteiger partial charge in [-0.2, -0.15) is 0 Å². The predicted octanol–water partition coefficient (Wildman–Crippen LogP) is 2.81. The summed E-state index contributed by atoms with van der Waals surface area (Å²) < 4.78 is 9.46. The van der Waals surface area contributed by atoms with E-state index in [0.717, 1.165) is 17.6 Å². The summed E-state index contributed by atoms with van der Waals surface area (Å²) >= 11 is 0. The highest BCUT2D eigenvalue weighted by Crippen LogP contribution is 2.07. The molecule has 1 aromatic carbocycles. The molecule has 0 radical (unpaired) electrons. The molecule has 0 aliphatic carbocycles. The molecule has 1 saturated heterocycles. The van der Waals surface area contributed by atoms with Crippen LogP contribution in [-0.4, -0.2) is 24.7 Å². The average Bonchev–Trinajstić information content (AvgIpc) is 2.83. The van der Waals surface area contributed by atoms with Crippen molar-refractivity contribution in [2.24, 2.45) is 0 Å². The Balaban J connectivity index is 0.000000211. The van der Waals surface area contributed by atoms with Gasteiger partial charge in [0.25, 0.3) is 0 Å². The summed E-state index contributed by atoms with van der Waals surface area (Å²) in [6, 6.07) is 9.74. The first-order valence-electron chi connectivity index (χ1n) is 6.72. The molecule has 0 aromatic heterocycles. The van der Waals surface area contributed by atoms with Gasteiger partial charge in [-0.15, -0.1) is 6.58 Å². The van der Waals surface area contributed by atoms with Gasteiger partial charge in [-0.1, -0.05) is 35.9 Å². The van der Waals surface area contributed by atoms with Crippen LogP contribution in [-0.2, 0) is 20.9 Å². The maximum absolute atomic E-state index is 10.5. The minimum Gasteiger partial charge on any atom is -0.461 e. The van der Waals surface area contributed by atoms with E-state index in [0.29, 0.717) is 13.2 Å². The topological polar surface area (TPSA) is 64.6 Å². The van der Waals surface area contributed by atoms with E-state index in [4.69, 9.17) is 4.74 Å². The van der Waals surface area contributed by atoms with Crippen molar-refractivity contribution in [3.63, 3.8) is 0 Å². The number of hydrogen-bond acceptors (Lipinski definition) is 4. The molecule has 1 amide bonds. The number of hydrogen-bond donors (Lipinski definition) is 1. The van der Waals surface area contributed by atoms with Gasteiger partial charge in [0.05, 0.1) is 6.04 Å². The molecule has 21 heavy (non-hydrogen) atoms. The lowest BCUT2D eigenvalue weighted by atomic mass is 10.1. The second-order valence-corrected chi connectivity index (χ2v) is 4.87. The molecule has 5 nitrogen and oxygen atoms in total. The second kappa shape index (κ2) is 8.79. The van der Waals surface area contributed by atoms with Crippen LogP contribution < -0.4 is 5.32 Å². The molecule has 2 rings (SSSR count). The van der Waals surface area contributed by atoms with E-state index in [9.17, 15) is 9.59 Å². The molecule has 1 N–H and O–H groups in total. The summed E-state index contributed by atoms with van der Waals surface area (Å²) in [5.74, 6) is -0.242. The second-order valence-electron chi connectivity index (χ2n) is 4.87. The SMILES string of the molecule is C=C(C)C[C@H]1COC(=O)N1.CC(=O)OCc1ccccc1. The number of alkyl carbamates (subject to hydrolysis) is 1. The average molecular weight is 291 g/mol. The number of ether oxygens (including phenoxy) is 2. The fourth-order valence-corrected chi connectivity index (χ4v) is 1.72. The molecule has 0 bridgehead atoms. The van der Waals surface area contributed by atoms with E-state index in [1.54, 1.807) is 0 Å². The van der Waals surface area contributed by atoms with Crippen molar-refractivity contribution in [3.05, 3.63) is 48.0 Å². The molecule has 5 heteroatoms. The number of esters is 1. The summed E-state index contributed by atoms with van der Waals surface area (Å²) in [7, 11) is 0. The van der Waals surface area contributed by atoms with Gasteiger partial charge in [-0.25, -0.2) is 4.79 Å². The molecule has 0 saturated carbocycles. The van der Waals surface area contributed by atoms with E-state index in [-0.39, 0.29) is 18.1 Å². The number of carbonyl (C=O) groups is 2. The van der Waals surface area contributed by atoms with Gasteiger partial charge in [-0.3, -0.25) is 4.79 Å². The largest absolute Gasteiger partial charge is 0.461 e. The Hall–Kier alpha value is -2.30. The van der Waals surface area contributed by atoms with E-state index in [2.05, 4.69) is 16.6 Å². The van der Waals surface area contributed by atoms with Crippen LogP contribution >= 0.6 is 0 Å². The lowest BCUT2D eigenvalue weighted by molar-refractivity contribution is -0.142. The predicted molar refractivity (Wildman–Crippen MR) is 79.6 cm³/mol. The standard InChI is InChI=1S/C9H10O2.C7H11NO2/c1-8(10)11-7-9-5-3-2-4-6-9;1-5(2)3-6-4-10-7(9)8-6/h2-6H,7H2,1H3;6H,1,3-4H2,2H3,(H,8,9)/t;6-/m.0/s1. The fraction of sp³-hybridized carbons (Fsp3) is 0.375. The summed E-state index contributed by atoms with van der Waals surface area (Å²) in [6.45, 7) is 7.93. The molecular formula is C16H21NO4. The Morgan fingerprint density at radius 2 is 2.05 bits per heavy atom. The third-order valence-electron chi connectivity index (χ3n) is 2.62. The molecule has 114 valence electrons. The molecular weight excluding hydrogens is 270 g/mol. The van der Waals surface area contributed by atoms with Crippen molar-refractivity contribution in [2.75, 3.05) is 6.61 Å². The Kier molecular flexibility index (Phi) is 7.01. The van der Waals surface area contributed by atoms with Gasteiger partial charge >= 0.3 is 12.1 Å². The van der Waals surface area contributed by atoms with Crippen molar-refractivity contribution in [1.29, 1.82) is 0 Å². The Labute approximate surface area is 124 Å². The quantitative estimate of drug-likeness (QED) is 0.684. The summed E-state index contributed by atoms with van der Waals surface area (Å²) in [5, 5.41) is 2.66. The van der Waals surface area contributed by atoms with Crippen molar-refractivity contribution in [2.45, 2.75) is 32.9 Å². The number of nitrogens with one attached hydrogen (secondary N) is 1. The van der Waals surface area contributed by atoms with Crippen LogP contribution in [0.5, 0.6) is 0 Å². The minimum absolute atomic E-state index is 0.144. The first-order chi connectivity index (χ1) is 9.97. The highest BCUT2D eigenvalue weighted by Gasteiger charge is 2.21. The number of cyclic esters (lactones) is 1. The molecule has 1 aliphatic heterocycles. The van der Waals surface area contributed by atoms with Gasteiger partial charge < -0.3 is 14.8 Å². The molecule has 1 atom stereocenters. The lowest BCUT2D eigenvalue weighted by Crippen LogP contribution is -2.25. The normalized spacial score (nSPS) is 16.1. The van der Waals surface area contributed by atoms with E-state index < -0.39 is 0 Å². The molecule has 1 aliphatic rings. The highest BCUT2D eigenvalue weighted by molar-refractivity contribution is 5.69. The summed E-state index contributed by atoms with van der Waals surface area (Å²) in [4.78, 5) is 20.9. The van der Waals surface area contributed by atoms with Crippen LogP contribution in [0.15, 0.2) is 42.5 Å². The third-order valence-corrected chi connectivity index (χ3v) is 2.62. The van der Waals surface area contributed by atoms with Crippen LogP contribution in [0.4, 0.5) is 4.79 Å². The van der Waals surface area contributed by atoms with Crippen molar-refractivity contribution < 1.29 is 19.1 Å². The number of benzene rings is 1. The lowest BCUT2D eigenvalue weighted by Gasteiger charge is -2.04. The number of rotatable bonds is 4. The van der Waals surface area contributed by atoms with Crippen molar-refractivity contribution in [3.8, 4) is 0 Å². The van der Waals surface area contributed by atoms with Crippen LogP contribution in [0.3, 0.4) is 0 Å². The van der Waals surface area contributed by atoms with E-state index in [1.807, 2.05) is 37.3 Å². The van der Waals surface area contributed by atoms with Crippen LogP contribution in [0.2, 0.25) is 0 Å². The first kappa shape index (κ1) is 16.8. The number of amides is 1. The van der Waals surface area contributed by atoms with Gasteiger partial charge in [0, 0.05) is 6.92 Å². The summed E-state index contributed by atoms with van der Waals surface area (Å²) in [6.07, 6.45) is 0.498. The van der Waals surface area contributed by atoms with Crippen molar-refractivity contribution in [1.82, 2.24) is 5.32 Å². The first-order valence-corrected chi connectivity index (χ1v) is 6.72. The Morgan fingerprint density at radius 3 is 2.52 bits per heavy atom. The van der Waals surface area contributed by atoms with Crippen LogP contribution in [0, 0.1) is 0 Å². The maximum atomic E-state index is 10.5. The van der Waals surface area contributed by atoms with E-state index >= 15 is 0 Å². The fourth-order valence-electron chi connectivity index (χ4n) is 1.72. The van der Waals surface area contributed by atoms with Crippen molar-refractivity contribution >= 4 is 12.1 Å². The van der Waals surface area contributed by atoms with Gasteiger partial charge in [0.2, 0.25) is 0 Å². The third kappa shape index (κ3) is 7.77. The van der Waals surface area contributed by atoms with Gasteiger partial charge in [-0.05, 0) is 18.9 Å². The zero-order chi connectivity index (χ0) is 15.7. The molecule has 0 unspecified atom stereocenters. The minimum atomic E-state index is -0.314. The monoisotopic (exact) mass is 291 g/mol. The smallest absolute Gasteiger partial charge is 0.407 e. The molecule has 1 heterocycles. The van der Waals surface area contributed by atoms with Gasteiger partial charge in [0.1, 0.15) is 13.2 Å². The van der Waals surface area contributed by atoms with Gasteiger partial charge in [0.15, 0.2) is 0 Å². The zero-order valence-corrected chi connectivity index (χ0v) is 12.4. The molecule has 0 spiro atoms. The Bertz CT molecular complexity index is 484. The van der Waals surface area contributed by atoms with Crippen LogP contribution in [0.1, 0.15) is 25.8 Å². The highest BCUT2D eigenvalue weighted by atomic mass is 16.6. The summed E-state index contributed by atoms with van der Waals surface area (Å²) in [5.41, 5.74) is 2.08. The van der Waals surface area contributed by atoms with E-state index in [1.165, 1.54) is 6.92 Å². The molecule has 1 fully saturated rings. The Morgan fingerprint density at radius 1 is 1.38 bits per heavy atom. The molecule has 1 aromatic rings. The van der Waals surface area contributed by atoms with Crippen LogP contribution in [0.25, 0.3) is 0 Å².